The molecule has 0 radical (unpaired) electrons. The van der Waals surface area contributed by atoms with Gasteiger partial charge >= 0.3 is 0 Å². The summed E-state index contributed by atoms with van der Waals surface area (Å²) in [5.74, 6) is 0.0131. The number of thioether (sulfide) groups is 1. The molecule has 1 aliphatic carbocycles. The van der Waals surface area contributed by atoms with Crippen molar-refractivity contribution in [3.8, 4) is 0 Å². The Morgan fingerprint density at radius 2 is 2.06 bits per heavy atom. The van der Waals surface area contributed by atoms with Gasteiger partial charge in [0.1, 0.15) is 4.83 Å². The van der Waals surface area contributed by atoms with E-state index < -0.39 is 0 Å². The summed E-state index contributed by atoms with van der Waals surface area (Å²) in [7, 11) is 1.85. The molecule has 3 heterocycles. The minimum atomic E-state index is -0.148. The van der Waals surface area contributed by atoms with Gasteiger partial charge in [0.05, 0.1) is 28.2 Å². The second-order valence-corrected chi connectivity index (χ2v) is 9.88. The fraction of sp³-hybridized carbons (Fsp3) is 0.455. The number of allylic oxidation sites excluding steroid dienone is 1. The number of hydrogen-bond acceptors (Lipinski definition) is 6. The highest BCUT2D eigenvalue weighted by Crippen LogP contribution is 2.34. The summed E-state index contributed by atoms with van der Waals surface area (Å²) in [5.41, 5.74) is 3.58. The number of aromatic nitrogens is 4. The van der Waals surface area contributed by atoms with E-state index in [1.54, 1.807) is 26.7 Å². The van der Waals surface area contributed by atoms with E-state index in [-0.39, 0.29) is 17.2 Å². The first kappa shape index (κ1) is 21.8. The zero-order valence-electron chi connectivity index (χ0n) is 18.2. The Balaban J connectivity index is 1.62. The summed E-state index contributed by atoms with van der Waals surface area (Å²) in [4.78, 5) is 32.9. The first-order chi connectivity index (χ1) is 14.9. The van der Waals surface area contributed by atoms with Gasteiger partial charge in [-0.05, 0) is 45.1 Å². The third kappa shape index (κ3) is 4.21. The molecule has 0 bridgehead atoms. The van der Waals surface area contributed by atoms with Crippen LogP contribution >= 0.6 is 23.1 Å². The molecule has 0 spiro atoms. The van der Waals surface area contributed by atoms with E-state index in [4.69, 9.17) is 4.98 Å². The molecule has 7 nitrogen and oxygen atoms in total. The molecule has 3 aromatic heterocycles. The van der Waals surface area contributed by atoms with Crippen molar-refractivity contribution in [3.63, 3.8) is 0 Å². The second kappa shape index (κ2) is 9.00. The molecular weight excluding hydrogens is 430 g/mol. The maximum Gasteiger partial charge on any atom is 0.263 e. The van der Waals surface area contributed by atoms with Crippen LogP contribution in [-0.4, -0.2) is 31.0 Å². The van der Waals surface area contributed by atoms with Crippen molar-refractivity contribution in [3.05, 3.63) is 44.8 Å². The topological polar surface area (TPSA) is 81.8 Å². The molecule has 164 valence electrons. The molecule has 1 amide bonds. The van der Waals surface area contributed by atoms with Crippen LogP contribution in [0.1, 0.15) is 41.1 Å². The maximum atomic E-state index is 13.4. The molecule has 0 saturated carbocycles. The van der Waals surface area contributed by atoms with E-state index in [1.807, 2.05) is 20.9 Å². The highest BCUT2D eigenvalue weighted by Gasteiger charge is 2.22. The van der Waals surface area contributed by atoms with E-state index in [9.17, 15) is 9.59 Å². The number of fused-ring (bicyclic) bond motifs is 3. The van der Waals surface area contributed by atoms with Crippen molar-refractivity contribution in [2.45, 2.75) is 57.7 Å². The minimum absolute atomic E-state index is 0.0221. The number of rotatable bonds is 6. The van der Waals surface area contributed by atoms with Crippen LogP contribution in [-0.2, 0) is 31.2 Å². The third-order valence-electron chi connectivity index (χ3n) is 5.71. The molecule has 0 fully saturated rings. The summed E-state index contributed by atoms with van der Waals surface area (Å²) in [6, 6.07) is 0. The highest BCUT2D eigenvalue weighted by atomic mass is 32.2. The van der Waals surface area contributed by atoms with Crippen LogP contribution < -0.4 is 10.9 Å². The molecule has 0 saturated heterocycles. The van der Waals surface area contributed by atoms with Crippen LogP contribution in [0.4, 0.5) is 5.69 Å². The van der Waals surface area contributed by atoms with E-state index in [0.717, 1.165) is 53.0 Å². The van der Waals surface area contributed by atoms with Gasteiger partial charge in [0.25, 0.3) is 5.56 Å². The average molecular weight is 458 g/mol. The molecule has 1 N–H and O–H groups in total. The number of thiophene rings is 1. The molecule has 31 heavy (non-hydrogen) atoms. The molecule has 0 atom stereocenters. The van der Waals surface area contributed by atoms with E-state index >= 15 is 0 Å². The predicted octanol–water partition coefficient (Wildman–Crippen LogP) is 3.99. The van der Waals surface area contributed by atoms with Crippen molar-refractivity contribution >= 4 is 44.9 Å². The van der Waals surface area contributed by atoms with Crippen LogP contribution in [0.5, 0.6) is 0 Å². The monoisotopic (exact) mass is 457 g/mol. The molecule has 3 aromatic rings. The van der Waals surface area contributed by atoms with Crippen molar-refractivity contribution in [2.24, 2.45) is 7.05 Å². The number of anilines is 1. The third-order valence-corrected chi connectivity index (χ3v) is 7.87. The fourth-order valence-corrected chi connectivity index (χ4v) is 6.17. The molecule has 0 unspecified atom stereocenters. The Hall–Kier alpha value is -2.39. The van der Waals surface area contributed by atoms with Crippen molar-refractivity contribution < 1.29 is 4.79 Å². The van der Waals surface area contributed by atoms with Gasteiger partial charge in [0, 0.05) is 18.5 Å². The fourth-order valence-electron chi connectivity index (χ4n) is 4.06. The molecule has 4 rings (SSSR count). The quantitative estimate of drug-likeness (QED) is 0.262. The number of carbonyl (C=O) groups excluding carboxylic acids is 1. The van der Waals surface area contributed by atoms with Crippen LogP contribution in [0, 0.1) is 13.8 Å². The van der Waals surface area contributed by atoms with Gasteiger partial charge in [-0.1, -0.05) is 24.3 Å². The minimum Gasteiger partial charge on any atom is -0.322 e. The summed E-state index contributed by atoms with van der Waals surface area (Å²) in [6.45, 7) is 7.96. The summed E-state index contributed by atoms with van der Waals surface area (Å²) >= 11 is 2.92. The normalized spacial score (nSPS) is 13.8. The summed E-state index contributed by atoms with van der Waals surface area (Å²) < 4.78 is 3.39. The lowest BCUT2D eigenvalue weighted by atomic mass is 10.1. The van der Waals surface area contributed by atoms with E-state index in [2.05, 4.69) is 17.0 Å². The Labute approximate surface area is 189 Å². The first-order valence-electron chi connectivity index (χ1n) is 10.5. The van der Waals surface area contributed by atoms with Gasteiger partial charge in [0.15, 0.2) is 5.16 Å². The summed E-state index contributed by atoms with van der Waals surface area (Å²) in [6.07, 6.45) is 7.15. The lowest BCUT2D eigenvalue weighted by molar-refractivity contribution is -0.113. The molecule has 0 aliphatic heterocycles. The van der Waals surface area contributed by atoms with Gasteiger partial charge in [0.2, 0.25) is 5.91 Å². The molecule has 0 aromatic carbocycles. The molecule has 1 aliphatic rings. The van der Waals surface area contributed by atoms with E-state index in [1.165, 1.54) is 28.6 Å². The van der Waals surface area contributed by atoms with Gasteiger partial charge in [-0.3, -0.25) is 18.8 Å². The van der Waals surface area contributed by atoms with E-state index in [0.29, 0.717) is 11.7 Å². The number of hydrogen-bond donors (Lipinski definition) is 1. The smallest absolute Gasteiger partial charge is 0.263 e. The van der Waals surface area contributed by atoms with Crippen LogP contribution in [0.3, 0.4) is 0 Å². The first-order valence-corrected chi connectivity index (χ1v) is 12.3. The van der Waals surface area contributed by atoms with Gasteiger partial charge in [-0.2, -0.15) is 5.10 Å². The Kier molecular flexibility index (Phi) is 6.34. The van der Waals surface area contributed by atoms with Crippen molar-refractivity contribution in [1.29, 1.82) is 0 Å². The Morgan fingerprint density at radius 3 is 2.77 bits per heavy atom. The maximum absolute atomic E-state index is 13.4. The van der Waals surface area contributed by atoms with Crippen LogP contribution in [0.15, 0.2) is 22.6 Å². The van der Waals surface area contributed by atoms with Crippen LogP contribution in [0.2, 0.25) is 0 Å². The number of nitrogens with one attached hydrogen (secondary N) is 1. The molecule has 9 heteroatoms. The molecular formula is C22H27N5O2S2. The van der Waals surface area contributed by atoms with Crippen LogP contribution in [0.25, 0.3) is 10.2 Å². The van der Waals surface area contributed by atoms with Gasteiger partial charge in [-0.15, -0.1) is 17.9 Å². The lowest BCUT2D eigenvalue weighted by Crippen LogP contribution is -2.24. The Morgan fingerprint density at radius 1 is 1.29 bits per heavy atom. The standard InChI is InChI=1S/C22H27N5O2S2/c1-5-11-27-21(29)18-15-9-7-6-8-10-16(15)31-20(18)24-22(27)30-12-17(28)23-19-13(2)25-26(4)14(19)3/h5H,1,6-12H2,2-4H3,(H,23,28). The van der Waals surface area contributed by atoms with Crippen molar-refractivity contribution in [1.82, 2.24) is 19.3 Å². The number of amides is 1. The average Bonchev–Trinajstić information content (AvgIpc) is 3.08. The largest absolute Gasteiger partial charge is 0.322 e. The summed E-state index contributed by atoms with van der Waals surface area (Å²) in [5, 5.41) is 8.60. The number of carbonyl (C=O) groups is 1. The van der Waals surface area contributed by atoms with Crippen molar-refractivity contribution in [2.75, 3.05) is 11.1 Å². The number of aryl methyl sites for hydroxylation is 4. The Bertz CT molecular complexity index is 1220. The second-order valence-electron chi connectivity index (χ2n) is 7.85. The van der Waals surface area contributed by atoms with Gasteiger partial charge < -0.3 is 5.32 Å². The predicted molar refractivity (Wildman–Crippen MR) is 127 cm³/mol. The SMILES string of the molecule is C=CCn1c(SCC(=O)Nc2c(C)nn(C)c2C)nc2sc3c(c2c1=O)CCCCC3. The highest BCUT2D eigenvalue weighted by molar-refractivity contribution is 7.99. The zero-order valence-corrected chi connectivity index (χ0v) is 19.8. The zero-order chi connectivity index (χ0) is 22.1. The lowest BCUT2D eigenvalue weighted by Gasteiger charge is -2.11. The number of nitrogens with zero attached hydrogens (tertiary/aromatic N) is 4. The van der Waals surface area contributed by atoms with Gasteiger partial charge in [-0.25, -0.2) is 4.98 Å².